The van der Waals surface area contributed by atoms with E-state index in [-0.39, 0.29) is 5.91 Å². The summed E-state index contributed by atoms with van der Waals surface area (Å²) in [5.41, 5.74) is 2.72. The summed E-state index contributed by atoms with van der Waals surface area (Å²) in [5, 5.41) is 8.30. The molecular formula is C20H18Cl2N3O2S+. The molecule has 3 aromatic rings. The average molecular weight is 435 g/mol. The number of hydrogen-bond acceptors (Lipinski definition) is 4. The summed E-state index contributed by atoms with van der Waals surface area (Å²) in [6.45, 7) is 2.01. The minimum atomic E-state index is -0.420. The van der Waals surface area contributed by atoms with Gasteiger partial charge >= 0.3 is 0 Å². The van der Waals surface area contributed by atoms with Crippen molar-refractivity contribution >= 4 is 45.4 Å². The molecule has 0 aliphatic carbocycles. The van der Waals surface area contributed by atoms with Crippen LogP contribution in [-0.2, 0) is 13.0 Å². The average Bonchev–Trinajstić information content (AvgIpc) is 3.28. The predicted octanol–water partition coefficient (Wildman–Crippen LogP) is 3.74. The second-order valence-electron chi connectivity index (χ2n) is 7.20. The Morgan fingerprint density at radius 1 is 1.21 bits per heavy atom. The van der Waals surface area contributed by atoms with E-state index < -0.39 is 6.17 Å². The van der Waals surface area contributed by atoms with Gasteiger partial charge in [0.2, 0.25) is 0 Å². The largest absolute Gasteiger partial charge is 0.457 e. The number of thiophene rings is 1. The van der Waals surface area contributed by atoms with Crippen LogP contribution in [0.2, 0.25) is 10.0 Å². The van der Waals surface area contributed by atoms with Gasteiger partial charge in [0.05, 0.1) is 34.1 Å². The number of quaternary nitrogens is 1. The van der Waals surface area contributed by atoms with Crippen molar-refractivity contribution in [1.82, 2.24) is 5.32 Å². The van der Waals surface area contributed by atoms with Gasteiger partial charge < -0.3 is 20.0 Å². The molecule has 5 rings (SSSR count). The monoisotopic (exact) mass is 434 g/mol. The highest BCUT2D eigenvalue weighted by molar-refractivity contribution is 7.16. The van der Waals surface area contributed by atoms with Crippen LogP contribution in [0, 0.1) is 0 Å². The number of rotatable bonds is 2. The topological polar surface area (TPSA) is 58.7 Å². The van der Waals surface area contributed by atoms with Gasteiger partial charge in [-0.1, -0.05) is 29.3 Å². The number of anilines is 1. The highest BCUT2D eigenvalue weighted by Gasteiger charge is 2.34. The van der Waals surface area contributed by atoms with Crippen molar-refractivity contribution in [2.75, 3.05) is 18.9 Å². The maximum absolute atomic E-state index is 12.8. The van der Waals surface area contributed by atoms with Gasteiger partial charge in [0.15, 0.2) is 6.17 Å². The Morgan fingerprint density at radius 3 is 2.93 bits per heavy atom. The third-order valence-corrected chi connectivity index (χ3v) is 7.24. The molecule has 0 bridgehead atoms. The lowest BCUT2D eigenvalue weighted by molar-refractivity contribution is -0.895. The summed E-state index contributed by atoms with van der Waals surface area (Å²) in [5.74, 6) is 1.19. The molecule has 0 saturated heterocycles. The lowest BCUT2D eigenvalue weighted by Crippen LogP contribution is -3.08. The molecule has 1 amide bonds. The van der Waals surface area contributed by atoms with E-state index in [2.05, 4.69) is 17.7 Å². The fraction of sp³-hybridized carbons (Fsp3) is 0.250. The normalized spacial score (nSPS) is 20.9. The predicted molar refractivity (Wildman–Crippen MR) is 111 cm³/mol. The molecule has 2 aliphatic heterocycles. The number of amides is 1. The van der Waals surface area contributed by atoms with E-state index in [4.69, 9.17) is 27.6 Å². The summed E-state index contributed by atoms with van der Waals surface area (Å²) in [7, 11) is 2.18. The zero-order valence-corrected chi connectivity index (χ0v) is 17.4. The van der Waals surface area contributed by atoms with E-state index in [1.807, 2.05) is 24.3 Å². The molecule has 28 heavy (non-hydrogen) atoms. The lowest BCUT2D eigenvalue weighted by Gasteiger charge is -2.25. The number of nitrogens with one attached hydrogen (secondary N) is 3. The van der Waals surface area contributed by atoms with Crippen molar-refractivity contribution in [2.45, 2.75) is 19.1 Å². The maximum Gasteiger partial charge on any atom is 0.256 e. The van der Waals surface area contributed by atoms with Gasteiger partial charge in [-0.25, -0.2) is 0 Å². The SMILES string of the molecule is C[NH+]1CCc2c(sc3c2C(=O)N[C@H](c2ccc(-c4cccc(Cl)c4Cl)o2)N3)C1. The molecule has 0 spiro atoms. The van der Waals surface area contributed by atoms with Crippen LogP contribution in [-0.4, -0.2) is 19.5 Å². The molecule has 0 radical (unpaired) electrons. The Balaban J connectivity index is 1.46. The fourth-order valence-electron chi connectivity index (χ4n) is 3.82. The summed E-state index contributed by atoms with van der Waals surface area (Å²) in [6.07, 6.45) is 0.516. The quantitative estimate of drug-likeness (QED) is 0.575. The molecule has 0 fully saturated rings. The van der Waals surface area contributed by atoms with Crippen molar-refractivity contribution < 1.29 is 14.1 Å². The zero-order valence-electron chi connectivity index (χ0n) is 15.1. The first-order valence-corrected chi connectivity index (χ1v) is 10.7. The van der Waals surface area contributed by atoms with Crippen LogP contribution in [0.15, 0.2) is 34.7 Å². The number of furan rings is 1. The summed E-state index contributed by atoms with van der Waals surface area (Å²) in [6, 6.07) is 9.11. The first-order chi connectivity index (χ1) is 13.5. The van der Waals surface area contributed by atoms with Gasteiger partial charge in [-0.2, -0.15) is 0 Å². The Bertz CT molecular complexity index is 1090. The molecule has 144 valence electrons. The van der Waals surface area contributed by atoms with Gasteiger partial charge in [0.25, 0.3) is 5.91 Å². The molecule has 2 atom stereocenters. The maximum atomic E-state index is 12.8. The zero-order chi connectivity index (χ0) is 19.4. The first-order valence-electron chi connectivity index (χ1n) is 9.08. The van der Waals surface area contributed by atoms with E-state index in [9.17, 15) is 4.79 Å². The van der Waals surface area contributed by atoms with Crippen molar-refractivity contribution in [1.29, 1.82) is 0 Å². The molecule has 8 heteroatoms. The number of carbonyl (C=O) groups excluding carboxylic acids is 1. The van der Waals surface area contributed by atoms with Crippen LogP contribution in [0.25, 0.3) is 11.3 Å². The number of halogens is 2. The van der Waals surface area contributed by atoms with Gasteiger partial charge in [-0.3, -0.25) is 4.79 Å². The molecule has 3 N–H and O–H groups in total. The molecule has 2 aromatic heterocycles. The molecule has 4 heterocycles. The van der Waals surface area contributed by atoms with E-state index >= 15 is 0 Å². The highest BCUT2D eigenvalue weighted by atomic mass is 35.5. The standard InChI is InChI=1S/C20H17Cl2N3O2S/c1-25-8-7-11-15(9-25)28-20-16(11)19(26)23-18(24-20)14-6-5-13(27-14)10-3-2-4-12(21)17(10)22/h2-6,18,24H,7-9H2,1H3,(H,23,26)/p+1/t18-/m0/s1. The van der Waals surface area contributed by atoms with E-state index in [1.165, 1.54) is 15.3 Å². The van der Waals surface area contributed by atoms with Crippen LogP contribution in [0.3, 0.4) is 0 Å². The van der Waals surface area contributed by atoms with E-state index in [0.29, 0.717) is 21.6 Å². The van der Waals surface area contributed by atoms with Crippen LogP contribution in [0.4, 0.5) is 5.00 Å². The number of fused-ring (bicyclic) bond motifs is 3. The summed E-state index contributed by atoms with van der Waals surface area (Å²) < 4.78 is 6.01. The molecule has 2 aliphatic rings. The van der Waals surface area contributed by atoms with Crippen LogP contribution in [0.1, 0.15) is 32.7 Å². The van der Waals surface area contributed by atoms with Crippen molar-refractivity contribution in [3.8, 4) is 11.3 Å². The Hall–Kier alpha value is -1.99. The fourth-order valence-corrected chi connectivity index (χ4v) is 5.60. The third kappa shape index (κ3) is 2.92. The van der Waals surface area contributed by atoms with E-state index in [0.717, 1.165) is 35.6 Å². The van der Waals surface area contributed by atoms with Gasteiger partial charge in [0.1, 0.15) is 23.1 Å². The van der Waals surface area contributed by atoms with Gasteiger partial charge in [-0.15, -0.1) is 11.3 Å². The van der Waals surface area contributed by atoms with E-state index in [1.54, 1.807) is 17.4 Å². The van der Waals surface area contributed by atoms with Crippen molar-refractivity contribution in [2.24, 2.45) is 0 Å². The molecule has 1 unspecified atom stereocenters. The van der Waals surface area contributed by atoms with Crippen molar-refractivity contribution in [3.05, 3.63) is 62.1 Å². The number of carbonyl (C=O) groups is 1. The lowest BCUT2D eigenvalue weighted by atomic mass is 10.0. The minimum Gasteiger partial charge on any atom is -0.457 e. The molecule has 1 aromatic carbocycles. The Kier molecular flexibility index (Phi) is 4.39. The van der Waals surface area contributed by atoms with Crippen molar-refractivity contribution in [3.63, 3.8) is 0 Å². The van der Waals surface area contributed by atoms with Gasteiger partial charge in [0, 0.05) is 12.0 Å². The molecule has 5 nitrogen and oxygen atoms in total. The third-order valence-electron chi connectivity index (χ3n) is 5.26. The van der Waals surface area contributed by atoms with Gasteiger partial charge in [-0.05, 0) is 29.8 Å². The Labute approximate surface area is 176 Å². The minimum absolute atomic E-state index is 0.0467. The second kappa shape index (κ2) is 6.81. The smallest absolute Gasteiger partial charge is 0.256 e. The number of hydrogen-bond donors (Lipinski definition) is 3. The summed E-state index contributed by atoms with van der Waals surface area (Å²) >= 11 is 14.1. The van der Waals surface area contributed by atoms with Crippen LogP contribution in [0.5, 0.6) is 0 Å². The number of likely N-dealkylation sites (N-methyl/N-ethyl adjacent to an activating group) is 1. The Morgan fingerprint density at radius 2 is 2.07 bits per heavy atom. The highest BCUT2D eigenvalue weighted by Crippen LogP contribution is 2.40. The van der Waals surface area contributed by atoms with Crippen LogP contribution >= 0.6 is 34.5 Å². The first kappa shape index (κ1) is 18.1. The molecule has 0 saturated carbocycles. The number of benzene rings is 1. The summed E-state index contributed by atoms with van der Waals surface area (Å²) in [4.78, 5) is 15.6. The molecular weight excluding hydrogens is 417 g/mol. The second-order valence-corrected chi connectivity index (χ2v) is 9.09. The van der Waals surface area contributed by atoms with Crippen LogP contribution < -0.4 is 15.5 Å².